The fourth-order valence-electron chi connectivity index (χ4n) is 6.97. The van der Waals surface area contributed by atoms with E-state index in [1.165, 1.54) is 50.2 Å². The first kappa shape index (κ1) is 21.5. The van der Waals surface area contributed by atoms with Gasteiger partial charge in [0.1, 0.15) is 5.82 Å². The second kappa shape index (κ2) is 8.31. The van der Waals surface area contributed by atoms with Crippen LogP contribution in [-0.2, 0) is 5.41 Å². The van der Waals surface area contributed by atoms with E-state index >= 15 is 0 Å². The van der Waals surface area contributed by atoms with Gasteiger partial charge in [0.25, 0.3) is 0 Å². The molecule has 0 amide bonds. The van der Waals surface area contributed by atoms with Crippen molar-refractivity contribution in [1.29, 1.82) is 0 Å². The Labute approximate surface area is 204 Å². The van der Waals surface area contributed by atoms with Crippen molar-refractivity contribution in [2.24, 2.45) is 17.8 Å². The summed E-state index contributed by atoms with van der Waals surface area (Å²) in [5, 5.41) is 16.5. The molecule has 4 aliphatic rings. The summed E-state index contributed by atoms with van der Waals surface area (Å²) in [5.74, 6) is 2.18. The Kier molecular flexibility index (Phi) is 5.25. The van der Waals surface area contributed by atoms with Crippen LogP contribution in [0.25, 0.3) is 0 Å². The summed E-state index contributed by atoms with van der Waals surface area (Å²) >= 11 is 6.77. The number of carbonyl (C=O) groups is 1. The summed E-state index contributed by atoms with van der Waals surface area (Å²) in [6.45, 7) is 0. The molecule has 4 fully saturated rings. The molecule has 174 valence electrons. The van der Waals surface area contributed by atoms with Gasteiger partial charge in [0.2, 0.25) is 0 Å². The molecule has 0 spiro atoms. The summed E-state index contributed by atoms with van der Waals surface area (Å²) in [4.78, 5) is 15.2. The summed E-state index contributed by atoms with van der Waals surface area (Å²) < 4.78 is 0. The molecule has 0 unspecified atom stereocenters. The maximum Gasteiger partial charge on any atom is 0.354 e. The van der Waals surface area contributed by atoms with Gasteiger partial charge in [-0.3, -0.25) is 0 Å². The Morgan fingerprint density at radius 1 is 0.882 bits per heavy atom. The number of pyridine rings is 1. The fourth-order valence-corrected chi connectivity index (χ4v) is 7.20. The average molecular weight is 474 g/mol. The van der Waals surface area contributed by atoms with Crippen LogP contribution in [-0.4, -0.2) is 16.1 Å². The summed E-state index contributed by atoms with van der Waals surface area (Å²) in [5.41, 5.74) is 4.45. The molecule has 34 heavy (non-hydrogen) atoms. The topological polar surface area (TPSA) is 74.2 Å². The van der Waals surface area contributed by atoms with Crippen LogP contribution < -0.4 is 10.6 Å². The largest absolute Gasteiger partial charge is 0.477 e. The Morgan fingerprint density at radius 2 is 1.50 bits per heavy atom. The Bertz CT molecular complexity index is 1210. The number of aromatic carboxylic acids is 1. The minimum atomic E-state index is -1.05. The van der Waals surface area contributed by atoms with E-state index in [9.17, 15) is 4.79 Å². The summed E-state index contributed by atoms with van der Waals surface area (Å²) in [6, 6.07) is 19.3. The second-order valence-corrected chi connectivity index (χ2v) is 10.8. The molecule has 3 aromatic rings. The van der Waals surface area contributed by atoms with Crippen molar-refractivity contribution in [3.05, 3.63) is 76.9 Å². The Balaban J connectivity index is 1.15. The third kappa shape index (κ3) is 4.03. The lowest BCUT2D eigenvalue weighted by atomic mass is 9.48. The number of halogens is 1. The number of hydrogen-bond donors (Lipinski definition) is 3. The monoisotopic (exact) mass is 473 g/mol. The molecule has 2 aromatic carbocycles. The molecule has 4 aliphatic carbocycles. The van der Waals surface area contributed by atoms with Crippen LogP contribution in [0.1, 0.15) is 54.6 Å². The Morgan fingerprint density at radius 3 is 2.09 bits per heavy atom. The second-order valence-electron chi connectivity index (χ2n) is 10.4. The molecule has 0 saturated heterocycles. The number of rotatable bonds is 6. The lowest BCUT2D eigenvalue weighted by Gasteiger charge is -2.57. The van der Waals surface area contributed by atoms with Crippen molar-refractivity contribution in [3.63, 3.8) is 0 Å². The minimum Gasteiger partial charge on any atom is -0.477 e. The quantitative estimate of drug-likeness (QED) is 0.348. The summed E-state index contributed by atoms with van der Waals surface area (Å²) in [7, 11) is 0. The van der Waals surface area contributed by atoms with Crippen molar-refractivity contribution in [3.8, 4) is 0 Å². The van der Waals surface area contributed by atoms with E-state index in [1.54, 1.807) is 12.1 Å². The predicted octanol–water partition coefficient (Wildman–Crippen LogP) is 7.39. The third-order valence-electron chi connectivity index (χ3n) is 8.02. The standard InChI is InChI=1S/C28H28ClN3O2/c29-23-13-20(28-14-17-10-18(15-28)12-19(11-17)16-28)4-9-24(23)30-21-5-7-22(8-6-21)31-26-3-1-2-25(32-26)27(33)34/h1-9,13,17-19,30H,10-12,14-16H2,(H,31,32)(H,33,34). The molecule has 0 aliphatic heterocycles. The van der Waals surface area contributed by atoms with Crippen LogP contribution in [0.3, 0.4) is 0 Å². The highest BCUT2D eigenvalue weighted by atomic mass is 35.5. The van der Waals surface area contributed by atoms with Gasteiger partial charge in [-0.05, 0) is 116 Å². The maximum atomic E-state index is 11.1. The molecule has 0 atom stereocenters. The number of nitrogens with zero attached hydrogens (tertiary/aromatic N) is 1. The lowest BCUT2D eigenvalue weighted by molar-refractivity contribution is -0.00518. The molecule has 5 nitrogen and oxygen atoms in total. The zero-order chi connectivity index (χ0) is 23.3. The highest BCUT2D eigenvalue weighted by Crippen LogP contribution is 2.61. The van der Waals surface area contributed by atoms with E-state index in [1.807, 2.05) is 24.3 Å². The molecule has 1 heterocycles. The van der Waals surface area contributed by atoms with Crippen LogP contribution in [0.2, 0.25) is 5.02 Å². The number of carboxylic acids is 1. The molecule has 0 radical (unpaired) electrons. The van der Waals surface area contributed by atoms with Gasteiger partial charge in [0.05, 0.1) is 10.7 Å². The van der Waals surface area contributed by atoms with Crippen LogP contribution in [0.15, 0.2) is 60.7 Å². The van der Waals surface area contributed by atoms with Gasteiger partial charge in [0, 0.05) is 11.4 Å². The number of benzene rings is 2. The minimum absolute atomic E-state index is 0.00918. The van der Waals surface area contributed by atoms with Gasteiger partial charge < -0.3 is 15.7 Å². The van der Waals surface area contributed by atoms with Crippen molar-refractivity contribution in [1.82, 2.24) is 4.98 Å². The van der Waals surface area contributed by atoms with Crippen LogP contribution in [0, 0.1) is 17.8 Å². The van der Waals surface area contributed by atoms with Crippen LogP contribution >= 0.6 is 11.6 Å². The van der Waals surface area contributed by atoms with Crippen LogP contribution in [0.4, 0.5) is 22.9 Å². The highest BCUT2D eigenvalue weighted by Gasteiger charge is 2.51. The van der Waals surface area contributed by atoms with Crippen molar-refractivity contribution in [2.75, 3.05) is 10.6 Å². The first-order chi connectivity index (χ1) is 16.5. The maximum absolute atomic E-state index is 11.1. The number of hydrogen-bond acceptors (Lipinski definition) is 4. The molecule has 7 rings (SSSR count). The van der Waals surface area contributed by atoms with Crippen LogP contribution in [0.5, 0.6) is 0 Å². The average Bonchev–Trinajstić information content (AvgIpc) is 2.81. The normalized spacial score (nSPS) is 26.9. The molecule has 4 bridgehead atoms. The molecule has 3 N–H and O–H groups in total. The van der Waals surface area contributed by atoms with E-state index < -0.39 is 5.97 Å². The number of carboxylic acid groups (broad SMARTS) is 1. The van der Waals surface area contributed by atoms with E-state index in [0.717, 1.165) is 39.8 Å². The van der Waals surface area contributed by atoms with E-state index in [2.05, 4.69) is 33.8 Å². The molecule has 6 heteroatoms. The smallest absolute Gasteiger partial charge is 0.354 e. The molecule has 1 aromatic heterocycles. The first-order valence-corrected chi connectivity index (χ1v) is 12.5. The fraction of sp³-hybridized carbons (Fsp3) is 0.357. The Hall–Kier alpha value is -3.05. The van der Waals surface area contributed by atoms with E-state index in [-0.39, 0.29) is 5.69 Å². The zero-order valence-electron chi connectivity index (χ0n) is 18.9. The van der Waals surface area contributed by atoms with Gasteiger partial charge in [-0.2, -0.15) is 0 Å². The third-order valence-corrected chi connectivity index (χ3v) is 8.34. The van der Waals surface area contributed by atoms with E-state index in [0.29, 0.717) is 11.2 Å². The lowest BCUT2D eigenvalue weighted by Crippen LogP contribution is -2.48. The van der Waals surface area contributed by atoms with Crippen molar-refractivity contribution >= 4 is 40.5 Å². The van der Waals surface area contributed by atoms with Gasteiger partial charge in [-0.25, -0.2) is 9.78 Å². The highest BCUT2D eigenvalue weighted by molar-refractivity contribution is 6.33. The number of nitrogens with one attached hydrogen (secondary N) is 2. The number of anilines is 4. The summed E-state index contributed by atoms with van der Waals surface area (Å²) in [6.07, 6.45) is 8.33. The van der Waals surface area contributed by atoms with Crippen molar-refractivity contribution in [2.45, 2.75) is 43.9 Å². The van der Waals surface area contributed by atoms with Gasteiger partial charge in [0.15, 0.2) is 5.69 Å². The van der Waals surface area contributed by atoms with E-state index in [4.69, 9.17) is 16.7 Å². The van der Waals surface area contributed by atoms with Gasteiger partial charge in [-0.1, -0.05) is 23.7 Å². The van der Waals surface area contributed by atoms with Crippen molar-refractivity contribution < 1.29 is 9.90 Å². The predicted molar refractivity (Wildman–Crippen MR) is 136 cm³/mol. The van der Waals surface area contributed by atoms with Gasteiger partial charge in [-0.15, -0.1) is 0 Å². The zero-order valence-corrected chi connectivity index (χ0v) is 19.7. The molecular formula is C28H28ClN3O2. The van der Waals surface area contributed by atoms with Gasteiger partial charge >= 0.3 is 5.97 Å². The molecule has 4 saturated carbocycles. The first-order valence-electron chi connectivity index (χ1n) is 12.1. The molecular weight excluding hydrogens is 446 g/mol. The number of aromatic nitrogens is 1. The SMILES string of the molecule is O=C(O)c1cccc(Nc2ccc(Nc3ccc(C45CC6CC(CC(C6)C4)C5)cc3Cl)cc2)n1.